The number of amides is 2. The average molecular weight is 552 g/mol. The molecule has 1 unspecified atom stereocenters. The van der Waals surface area contributed by atoms with Gasteiger partial charge in [-0.25, -0.2) is 4.79 Å². The number of halogens is 2. The second-order valence-electron chi connectivity index (χ2n) is 10.2. The van der Waals surface area contributed by atoms with E-state index >= 15 is 0 Å². The summed E-state index contributed by atoms with van der Waals surface area (Å²) in [4.78, 5) is 25.1. The van der Waals surface area contributed by atoms with E-state index in [2.05, 4.69) is 20.5 Å². The van der Waals surface area contributed by atoms with Gasteiger partial charge < -0.3 is 19.9 Å². The molecule has 0 radical (unpaired) electrons. The van der Waals surface area contributed by atoms with Gasteiger partial charge in [0.2, 0.25) is 0 Å². The number of carbonyl (C=O) groups excluding carboxylic acids is 1. The smallest absolute Gasteiger partial charge is 0.320 e. The fourth-order valence-corrected chi connectivity index (χ4v) is 6.13. The fraction of sp³-hybridized carbons (Fsp3) is 0.333. The third-order valence-electron chi connectivity index (χ3n) is 7.44. The van der Waals surface area contributed by atoms with E-state index in [-0.39, 0.29) is 23.6 Å². The van der Waals surface area contributed by atoms with Gasteiger partial charge in [-0.15, -0.1) is 0 Å². The number of aromatic amines is 1. The van der Waals surface area contributed by atoms with E-state index in [1.54, 1.807) is 31.4 Å². The first-order valence-electron chi connectivity index (χ1n) is 12.4. The number of nitrogens with zero attached hydrogens (tertiary/aromatic N) is 5. The van der Waals surface area contributed by atoms with Crippen molar-refractivity contribution in [2.24, 2.45) is 5.41 Å². The molecule has 1 spiro atoms. The summed E-state index contributed by atoms with van der Waals surface area (Å²) in [5.41, 5.74) is 4.16. The van der Waals surface area contributed by atoms with Crippen molar-refractivity contribution in [1.29, 1.82) is 0 Å². The number of benzene rings is 1. The molecule has 4 aromatic rings. The van der Waals surface area contributed by atoms with Crippen molar-refractivity contribution >= 4 is 40.1 Å². The van der Waals surface area contributed by atoms with Crippen molar-refractivity contribution in [3.8, 4) is 17.0 Å². The van der Waals surface area contributed by atoms with E-state index in [1.165, 1.54) is 0 Å². The van der Waals surface area contributed by atoms with Gasteiger partial charge >= 0.3 is 6.03 Å². The number of hydrogen-bond acceptors (Lipinski definition) is 6. The summed E-state index contributed by atoms with van der Waals surface area (Å²) < 4.78 is 6.20. The minimum atomic E-state index is -0.379. The lowest BCUT2D eigenvalue weighted by molar-refractivity contribution is -0.0871. The van der Waals surface area contributed by atoms with Crippen LogP contribution < -0.4 is 10.1 Å². The monoisotopic (exact) mass is 551 g/mol. The Balaban J connectivity index is 1.27. The average Bonchev–Trinajstić information content (AvgIpc) is 3.26. The highest BCUT2D eigenvalue weighted by atomic mass is 35.5. The Labute approximate surface area is 230 Å². The number of urea groups is 1. The number of H-pyrrole nitrogens is 1. The molecule has 0 saturated carbocycles. The molecule has 2 aliphatic rings. The lowest BCUT2D eigenvalue weighted by Crippen LogP contribution is -2.74. The molecule has 0 aliphatic carbocycles. The van der Waals surface area contributed by atoms with Crippen LogP contribution in [-0.4, -0.2) is 69.7 Å². The zero-order valence-electron chi connectivity index (χ0n) is 21.2. The van der Waals surface area contributed by atoms with Crippen LogP contribution in [0.1, 0.15) is 30.3 Å². The van der Waals surface area contributed by atoms with Gasteiger partial charge in [-0.2, -0.15) is 5.10 Å². The lowest BCUT2D eigenvalue weighted by atomic mass is 9.65. The van der Waals surface area contributed by atoms with Crippen LogP contribution in [-0.2, 0) is 0 Å². The minimum absolute atomic E-state index is 0.00722. The number of aromatic nitrogens is 4. The van der Waals surface area contributed by atoms with Crippen molar-refractivity contribution < 1.29 is 9.53 Å². The molecule has 2 atom stereocenters. The number of carbonyl (C=O) groups is 1. The Hall–Kier alpha value is -3.40. The van der Waals surface area contributed by atoms with Gasteiger partial charge in [0.1, 0.15) is 17.5 Å². The van der Waals surface area contributed by atoms with Crippen LogP contribution in [0.3, 0.4) is 0 Å². The van der Waals surface area contributed by atoms with E-state index in [9.17, 15) is 4.79 Å². The number of pyridine rings is 2. The van der Waals surface area contributed by atoms with E-state index in [4.69, 9.17) is 32.9 Å². The summed E-state index contributed by atoms with van der Waals surface area (Å²) in [5.74, 6) is 0.660. The lowest BCUT2D eigenvalue weighted by Gasteiger charge is -2.62. The van der Waals surface area contributed by atoms with Crippen LogP contribution in [0.2, 0.25) is 10.0 Å². The molecule has 6 rings (SSSR count). The molecular weight excluding hydrogens is 525 g/mol. The SMILES string of the molecule is C[C@@H](Oc1ccc2[nH]nc(-c3ccc(C4N(C(=O)N(C)C)CC45CNC5)nc3)c2c1)c1c(Cl)cncc1Cl. The molecule has 2 aliphatic heterocycles. The third kappa shape index (κ3) is 4.05. The molecule has 2 saturated heterocycles. The molecule has 5 heterocycles. The normalized spacial score (nSPS) is 18.7. The van der Waals surface area contributed by atoms with Crippen molar-refractivity contribution in [1.82, 2.24) is 35.3 Å². The fourth-order valence-electron chi connectivity index (χ4n) is 5.46. The van der Waals surface area contributed by atoms with Gasteiger partial charge in [0.25, 0.3) is 0 Å². The first-order valence-corrected chi connectivity index (χ1v) is 13.1. The quantitative estimate of drug-likeness (QED) is 0.358. The largest absolute Gasteiger partial charge is 0.486 e. The van der Waals surface area contributed by atoms with Crippen LogP contribution >= 0.6 is 23.2 Å². The van der Waals surface area contributed by atoms with Gasteiger partial charge in [0.15, 0.2) is 0 Å². The zero-order valence-corrected chi connectivity index (χ0v) is 22.7. The number of hydrogen-bond donors (Lipinski definition) is 2. The van der Waals surface area contributed by atoms with Gasteiger partial charge in [-0.3, -0.25) is 15.1 Å². The van der Waals surface area contributed by atoms with Crippen LogP contribution in [0.4, 0.5) is 4.79 Å². The summed E-state index contributed by atoms with van der Waals surface area (Å²) in [5, 5.41) is 12.8. The first-order chi connectivity index (χ1) is 18.3. The molecule has 2 fully saturated rings. The Bertz CT molecular complexity index is 1500. The molecule has 3 aromatic heterocycles. The number of nitrogens with one attached hydrogen (secondary N) is 2. The second-order valence-corrected chi connectivity index (χ2v) is 11.0. The van der Waals surface area contributed by atoms with Crippen molar-refractivity contribution in [3.05, 3.63) is 70.2 Å². The van der Waals surface area contributed by atoms with Gasteiger partial charge in [-0.1, -0.05) is 23.2 Å². The summed E-state index contributed by atoms with van der Waals surface area (Å²) in [6.07, 6.45) is 4.56. The van der Waals surface area contributed by atoms with E-state index < -0.39 is 0 Å². The van der Waals surface area contributed by atoms with Crippen LogP contribution in [0.15, 0.2) is 48.9 Å². The molecule has 0 bridgehead atoms. The number of ether oxygens (including phenoxy) is 1. The molecule has 2 amide bonds. The second kappa shape index (κ2) is 9.41. The summed E-state index contributed by atoms with van der Waals surface area (Å²) in [6.45, 7) is 4.41. The molecule has 2 N–H and O–H groups in total. The summed E-state index contributed by atoms with van der Waals surface area (Å²) in [7, 11) is 3.56. The standard InChI is InChI=1S/C27H27Cl2N7O2/c1-15(23-19(28)10-30-11-20(23)29)38-17-5-7-21-18(8-17)24(34-33-21)16-4-6-22(32-9-16)25-27(12-31-13-27)14-36(25)26(37)35(2)3/h4-11,15,25,31H,12-14H2,1-3H3,(H,33,34)/t15-,25?/m1/s1. The van der Waals surface area contributed by atoms with Crippen molar-refractivity contribution in [3.63, 3.8) is 0 Å². The summed E-state index contributed by atoms with van der Waals surface area (Å²) >= 11 is 12.6. The zero-order chi connectivity index (χ0) is 26.6. The predicted octanol–water partition coefficient (Wildman–Crippen LogP) is 5.09. The van der Waals surface area contributed by atoms with E-state index in [1.807, 2.05) is 48.4 Å². The molecule has 9 nitrogen and oxygen atoms in total. The maximum absolute atomic E-state index is 12.7. The molecule has 196 valence electrons. The van der Waals surface area contributed by atoms with Crippen LogP contribution in [0, 0.1) is 5.41 Å². The highest BCUT2D eigenvalue weighted by Gasteiger charge is 2.59. The Morgan fingerprint density at radius 1 is 1.16 bits per heavy atom. The highest BCUT2D eigenvalue weighted by molar-refractivity contribution is 6.35. The van der Waals surface area contributed by atoms with E-state index in [0.29, 0.717) is 21.4 Å². The topological polar surface area (TPSA) is 99.3 Å². The Morgan fingerprint density at radius 2 is 1.92 bits per heavy atom. The van der Waals surface area contributed by atoms with Crippen LogP contribution in [0.25, 0.3) is 22.2 Å². The van der Waals surface area contributed by atoms with Gasteiger partial charge in [-0.05, 0) is 37.3 Å². The van der Waals surface area contributed by atoms with Gasteiger partial charge in [0.05, 0.1) is 27.3 Å². The Morgan fingerprint density at radius 3 is 2.55 bits per heavy atom. The summed E-state index contributed by atoms with van der Waals surface area (Å²) in [6, 6.07) is 9.74. The predicted molar refractivity (Wildman–Crippen MR) is 146 cm³/mol. The van der Waals surface area contributed by atoms with Crippen molar-refractivity contribution in [2.75, 3.05) is 33.7 Å². The number of fused-ring (bicyclic) bond motifs is 1. The molecule has 11 heteroatoms. The van der Waals surface area contributed by atoms with E-state index in [0.717, 1.165) is 47.5 Å². The molecule has 1 aromatic carbocycles. The Kier molecular flexibility index (Phi) is 6.17. The van der Waals surface area contributed by atoms with Crippen molar-refractivity contribution in [2.45, 2.75) is 19.1 Å². The first kappa shape index (κ1) is 24.9. The number of rotatable bonds is 5. The highest BCUT2D eigenvalue weighted by Crippen LogP contribution is 2.51. The van der Waals surface area contributed by atoms with Crippen LogP contribution in [0.5, 0.6) is 5.75 Å². The number of likely N-dealkylation sites (tertiary alicyclic amines) is 1. The molecular formula is C27H27Cl2N7O2. The third-order valence-corrected chi connectivity index (χ3v) is 8.05. The maximum Gasteiger partial charge on any atom is 0.320 e. The molecule has 38 heavy (non-hydrogen) atoms. The van der Waals surface area contributed by atoms with Gasteiger partial charge in [0, 0.05) is 74.2 Å². The maximum atomic E-state index is 12.7. The minimum Gasteiger partial charge on any atom is -0.486 e.